The second kappa shape index (κ2) is 4.26. The van der Waals surface area contributed by atoms with E-state index in [0.717, 1.165) is 6.29 Å². The highest BCUT2D eigenvalue weighted by atomic mass is 16.4. The molecule has 3 heteroatoms. The summed E-state index contributed by atoms with van der Waals surface area (Å²) >= 11 is 0. The first-order valence-electron chi connectivity index (χ1n) is 4.74. The van der Waals surface area contributed by atoms with Crippen LogP contribution < -0.4 is 0 Å². The molecule has 1 aromatic carbocycles. The van der Waals surface area contributed by atoms with Crippen molar-refractivity contribution in [3.63, 3.8) is 0 Å². The number of aldehydes is 1. The first kappa shape index (κ1) is 11.4. The van der Waals surface area contributed by atoms with Gasteiger partial charge in [0.25, 0.3) is 0 Å². The highest BCUT2D eigenvalue weighted by Gasteiger charge is 2.20. The number of carbonyl (C=O) groups excluding carboxylic acids is 1. The van der Waals surface area contributed by atoms with Crippen molar-refractivity contribution in [2.45, 2.75) is 20.3 Å². The molecule has 3 nitrogen and oxygen atoms in total. The molecule has 1 aromatic rings. The maximum Gasteiger partial charge on any atom is 0.335 e. The summed E-state index contributed by atoms with van der Waals surface area (Å²) in [5.41, 5.74) is 0.445. The molecule has 0 aliphatic rings. The molecule has 0 amide bonds. The summed E-state index contributed by atoms with van der Waals surface area (Å²) in [5.74, 6) is -0.952. The van der Waals surface area contributed by atoms with E-state index in [0.29, 0.717) is 12.0 Å². The molecule has 80 valence electrons. The van der Waals surface area contributed by atoms with Crippen LogP contribution in [0.25, 0.3) is 0 Å². The predicted octanol–water partition coefficient (Wildman–Crippen LogP) is 2.15. The van der Waals surface area contributed by atoms with Gasteiger partial charge in [0.2, 0.25) is 0 Å². The van der Waals surface area contributed by atoms with Crippen LogP contribution in [0.5, 0.6) is 0 Å². The summed E-state index contributed by atoms with van der Waals surface area (Å²) in [4.78, 5) is 21.7. The Bertz CT molecular complexity index is 380. The van der Waals surface area contributed by atoms with Crippen LogP contribution in [0.4, 0.5) is 0 Å². The maximum atomic E-state index is 10.9. The Kier molecular flexibility index (Phi) is 3.24. The SMILES string of the molecule is CC(C)(C=O)Cc1ccccc1C(=O)O. The standard InChI is InChI=1S/C12H14O3/c1-12(2,8-13)7-9-5-3-4-6-10(9)11(14)15/h3-6,8H,7H2,1-2H3,(H,14,15). The van der Waals surface area contributed by atoms with Gasteiger partial charge >= 0.3 is 5.97 Å². The molecule has 1 N–H and O–H groups in total. The van der Waals surface area contributed by atoms with Gasteiger partial charge in [-0.2, -0.15) is 0 Å². The van der Waals surface area contributed by atoms with Gasteiger partial charge in [0, 0.05) is 5.41 Å². The largest absolute Gasteiger partial charge is 0.478 e. The van der Waals surface area contributed by atoms with E-state index >= 15 is 0 Å². The van der Waals surface area contributed by atoms with Crippen LogP contribution in [-0.4, -0.2) is 17.4 Å². The van der Waals surface area contributed by atoms with Crippen LogP contribution in [0.3, 0.4) is 0 Å². The molecule has 0 saturated carbocycles. The van der Waals surface area contributed by atoms with E-state index in [-0.39, 0.29) is 5.56 Å². The molecule has 0 aromatic heterocycles. The van der Waals surface area contributed by atoms with Gasteiger partial charge in [-0.25, -0.2) is 4.79 Å². The summed E-state index contributed by atoms with van der Waals surface area (Å²) in [6.45, 7) is 3.58. The van der Waals surface area contributed by atoms with Crippen molar-refractivity contribution in [3.05, 3.63) is 35.4 Å². The number of carboxylic acid groups (broad SMARTS) is 1. The highest BCUT2D eigenvalue weighted by Crippen LogP contribution is 2.21. The summed E-state index contributed by atoms with van der Waals surface area (Å²) in [7, 11) is 0. The Morgan fingerprint density at radius 3 is 2.53 bits per heavy atom. The summed E-state index contributed by atoms with van der Waals surface area (Å²) in [6, 6.07) is 6.76. The van der Waals surface area contributed by atoms with E-state index in [1.165, 1.54) is 0 Å². The topological polar surface area (TPSA) is 54.4 Å². The van der Waals surface area contributed by atoms with E-state index in [1.54, 1.807) is 38.1 Å². The fraction of sp³-hybridized carbons (Fsp3) is 0.333. The van der Waals surface area contributed by atoms with Gasteiger partial charge in [-0.1, -0.05) is 32.0 Å². The average Bonchev–Trinajstić information content (AvgIpc) is 2.18. The second-order valence-electron chi connectivity index (χ2n) is 4.25. The first-order valence-corrected chi connectivity index (χ1v) is 4.74. The maximum absolute atomic E-state index is 10.9. The normalized spacial score (nSPS) is 11.1. The molecule has 0 aliphatic carbocycles. The molecule has 0 aliphatic heterocycles. The number of aromatic carboxylic acids is 1. The molecule has 0 unspecified atom stereocenters. The lowest BCUT2D eigenvalue weighted by molar-refractivity contribution is -0.114. The molecule has 15 heavy (non-hydrogen) atoms. The molecule has 0 heterocycles. The third-order valence-electron chi connectivity index (χ3n) is 2.21. The van der Waals surface area contributed by atoms with Gasteiger partial charge in [-0.15, -0.1) is 0 Å². The number of rotatable bonds is 4. The van der Waals surface area contributed by atoms with Gasteiger partial charge in [-0.05, 0) is 18.1 Å². The zero-order valence-electron chi connectivity index (χ0n) is 8.86. The number of benzene rings is 1. The van der Waals surface area contributed by atoms with Crippen molar-refractivity contribution in [1.29, 1.82) is 0 Å². The van der Waals surface area contributed by atoms with Crippen molar-refractivity contribution in [1.82, 2.24) is 0 Å². The van der Waals surface area contributed by atoms with Crippen LogP contribution in [0.1, 0.15) is 29.8 Å². The van der Waals surface area contributed by atoms with Crippen molar-refractivity contribution in [2.75, 3.05) is 0 Å². The molecule has 1 rings (SSSR count). The molecule has 0 bridgehead atoms. The van der Waals surface area contributed by atoms with Gasteiger partial charge in [0.15, 0.2) is 0 Å². The highest BCUT2D eigenvalue weighted by molar-refractivity contribution is 5.89. The van der Waals surface area contributed by atoms with E-state index in [4.69, 9.17) is 5.11 Å². The van der Waals surface area contributed by atoms with Crippen LogP contribution >= 0.6 is 0 Å². The Balaban J connectivity index is 3.04. The zero-order valence-corrected chi connectivity index (χ0v) is 8.86. The smallest absolute Gasteiger partial charge is 0.335 e. The van der Waals surface area contributed by atoms with Crippen LogP contribution in [0.2, 0.25) is 0 Å². The fourth-order valence-electron chi connectivity index (χ4n) is 1.42. The number of hydrogen-bond donors (Lipinski definition) is 1. The molecular formula is C12H14O3. The predicted molar refractivity (Wildman–Crippen MR) is 57.0 cm³/mol. The molecule has 0 saturated heterocycles. The minimum atomic E-state index is -0.952. The minimum Gasteiger partial charge on any atom is -0.478 e. The number of carbonyl (C=O) groups is 2. The van der Waals surface area contributed by atoms with E-state index in [2.05, 4.69) is 0 Å². The van der Waals surface area contributed by atoms with Crippen LogP contribution in [-0.2, 0) is 11.2 Å². The van der Waals surface area contributed by atoms with Crippen LogP contribution in [0.15, 0.2) is 24.3 Å². The fourth-order valence-corrected chi connectivity index (χ4v) is 1.42. The monoisotopic (exact) mass is 206 g/mol. The molecule has 0 spiro atoms. The quantitative estimate of drug-likeness (QED) is 0.768. The lowest BCUT2D eigenvalue weighted by atomic mass is 9.86. The van der Waals surface area contributed by atoms with Crippen molar-refractivity contribution in [3.8, 4) is 0 Å². The van der Waals surface area contributed by atoms with Crippen LogP contribution in [0, 0.1) is 5.41 Å². The Hall–Kier alpha value is -1.64. The molecule has 0 radical (unpaired) electrons. The van der Waals surface area contributed by atoms with E-state index in [1.807, 2.05) is 0 Å². The average molecular weight is 206 g/mol. The van der Waals surface area contributed by atoms with Gasteiger partial charge in [0.05, 0.1) is 5.56 Å². The lowest BCUT2D eigenvalue weighted by Crippen LogP contribution is -2.18. The Labute approximate surface area is 88.7 Å². The number of carboxylic acids is 1. The third-order valence-corrected chi connectivity index (χ3v) is 2.21. The summed E-state index contributed by atoms with van der Waals surface area (Å²) in [6.07, 6.45) is 1.30. The van der Waals surface area contributed by atoms with Crippen molar-refractivity contribution < 1.29 is 14.7 Å². The minimum absolute atomic E-state index is 0.271. The van der Waals surface area contributed by atoms with Crippen molar-refractivity contribution >= 4 is 12.3 Å². The number of hydrogen-bond acceptors (Lipinski definition) is 2. The molecule has 0 fully saturated rings. The lowest BCUT2D eigenvalue weighted by Gasteiger charge is -2.17. The zero-order chi connectivity index (χ0) is 11.5. The second-order valence-corrected chi connectivity index (χ2v) is 4.25. The Morgan fingerprint density at radius 2 is 2.00 bits per heavy atom. The molecular weight excluding hydrogens is 192 g/mol. The van der Waals surface area contributed by atoms with Gasteiger partial charge < -0.3 is 9.90 Å². The molecule has 0 atom stereocenters. The first-order chi connectivity index (χ1) is 6.96. The van der Waals surface area contributed by atoms with Crippen molar-refractivity contribution in [2.24, 2.45) is 5.41 Å². The van der Waals surface area contributed by atoms with E-state index < -0.39 is 11.4 Å². The summed E-state index contributed by atoms with van der Waals surface area (Å²) in [5, 5.41) is 8.95. The third kappa shape index (κ3) is 2.91. The van der Waals surface area contributed by atoms with E-state index in [9.17, 15) is 9.59 Å². The van der Waals surface area contributed by atoms with Gasteiger partial charge in [-0.3, -0.25) is 0 Å². The Morgan fingerprint density at radius 1 is 1.40 bits per heavy atom. The van der Waals surface area contributed by atoms with Gasteiger partial charge in [0.1, 0.15) is 6.29 Å². The summed E-state index contributed by atoms with van der Waals surface area (Å²) < 4.78 is 0.